The van der Waals surface area contributed by atoms with Crippen LogP contribution in [0.2, 0.25) is 0 Å². The third-order valence-electron chi connectivity index (χ3n) is 2.93. The van der Waals surface area contributed by atoms with Crippen LogP contribution in [0.25, 0.3) is 0 Å². The molecule has 0 heterocycles. The van der Waals surface area contributed by atoms with Gasteiger partial charge in [0.05, 0.1) is 7.11 Å². The molecular weight excluding hydrogens is 280 g/mol. The van der Waals surface area contributed by atoms with E-state index in [0.29, 0.717) is 13.1 Å². The topological polar surface area (TPSA) is 84.6 Å². The molecule has 0 fully saturated rings. The lowest BCUT2D eigenvalue weighted by Crippen LogP contribution is -2.18. The van der Waals surface area contributed by atoms with Gasteiger partial charge in [-0.15, -0.1) is 0 Å². The van der Waals surface area contributed by atoms with Gasteiger partial charge in [-0.05, 0) is 12.1 Å². The Hall–Kier alpha value is -2.53. The van der Waals surface area contributed by atoms with E-state index in [1.54, 1.807) is 25.3 Å². The normalized spacial score (nSPS) is 9.41. The fourth-order valence-corrected chi connectivity index (χ4v) is 1.75. The lowest BCUT2D eigenvalue weighted by atomic mass is 10.2. The number of nitrogens with one attached hydrogen (secondary N) is 1. The van der Waals surface area contributed by atoms with Crippen LogP contribution in [0.4, 0.5) is 0 Å². The van der Waals surface area contributed by atoms with Crippen LogP contribution in [0.15, 0.2) is 48.5 Å². The van der Waals surface area contributed by atoms with Gasteiger partial charge in [0.2, 0.25) is 5.91 Å². The number of hydrogen-bond acceptors (Lipinski definition) is 4. The Morgan fingerprint density at radius 3 is 2.23 bits per heavy atom. The molecule has 0 aromatic heterocycles. The molecule has 0 unspecified atom stereocenters. The van der Waals surface area contributed by atoms with Crippen molar-refractivity contribution in [3.8, 4) is 11.5 Å². The fourth-order valence-electron chi connectivity index (χ4n) is 1.75. The van der Waals surface area contributed by atoms with Crippen LogP contribution < -0.4 is 15.8 Å². The number of nitrogens with two attached hydrogens (primary N) is 1. The van der Waals surface area contributed by atoms with E-state index >= 15 is 0 Å². The summed E-state index contributed by atoms with van der Waals surface area (Å²) in [5.41, 5.74) is 7.22. The Labute approximate surface area is 130 Å². The molecule has 1 amide bonds. The maximum atomic E-state index is 10.5. The third kappa shape index (κ3) is 5.85. The second kappa shape index (κ2) is 9.41. The summed E-state index contributed by atoms with van der Waals surface area (Å²) >= 11 is 0. The Balaban J connectivity index is 0.000000224. The van der Waals surface area contributed by atoms with E-state index in [1.807, 2.05) is 30.3 Å². The van der Waals surface area contributed by atoms with Gasteiger partial charge < -0.3 is 20.9 Å². The highest BCUT2D eigenvalue weighted by Gasteiger charge is 1.98. The standard InChI is InChI=1S/C9H11NO2.C8H11NO/c1-7(11)10-6-8-4-2-3-5-9(8)12;1-10-8-5-3-2-4-7(8)6-9/h2-5,12H,6H2,1H3,(H,10,11);2-5H,6,9H2,1H3. The number of phenols is 1. The molecule has 0 aliphatic heterocycles. The van der Waals surface area contributed by atoms with Crippen molar-refractivity contribution >= 4 is 5.91 Å². The number of methoxy groups -OCH3 is 1. The lowest BCUT2D eigenvalue weighted by molar-refractivity contribution is -0.119. The maximum absolute atomic E-state index is 10.5. The van der Waals surface area contributed by atoms with Crippen molar-refractivity contribution < 1.29 is 14.6 Å². The zero-order chi connectivity index (χ0) is 16.4. The van der Waals surface area contributed by atoms with E-state index in [9.17, 15) is 9.90 Å². The number of benzene rings is 2. The Morgan fingerprint density at radius 1 is 1.14 bits per heavy atom. The number of amides is 1. The predicted octanol–water partition coefficient (Wildman–Crippen LogP) is 2.18. The highest BCUT2D eigenvalue weighted by molar-refractivity contribution is 5.72. The summed E-state index contributed by atoms with van der Waals surface area (Å²) in [5.74, 6) is 0.981. The quantitative estimate of drug-likeness (QED) is 0.808. The van der Waals surface area contributed by atoms with Gasteiger partial charge in [0.15, 0.2) is 0 Å². The summed E-state index contributed by atoms with van der Waals surface area (Å²) in [4.78, 5) is 10.5. The Kier molecular flexibility index (Phi) is 7.50. The molecule has 5 nitrogen and oxygen atoms in total. The number of phenolic OH excluding ortho intramolecular Hbond substituents is 1. The highest BCUT2D eigenvalue weighted by atomic mass is 16.5. The van der Waals surface area contributed by atoms with E-state index in [1.165, 1.54) is 6.92 Å². The van der Waals surface area contributed by atoms with Gasteiger partial charge in [-0.1, -0.05) is 36.4 Å². The van der Waals surface area contributed by atoms with E-state index in [2.05, 4.69) is 5.32 Å². The largest absolute Gasteiger partial charge is 0.508 e. The Morgan fingerprint density at radius 2 is 1.73 bits per heavy atom. The number of para-hydroxylation sites is 2. The second-order valence-corrected chi connectivity index (χ2v) is 4.55. The molecule has 0 radical (unpaired) electrons. The summed E-state index contributed by atoms with van der Waals surface area (Å²) in [5, 5.41) is 11.9. The molecular formula is C17H22N2O3. The van der Waals surface area contributed by atoms with Gasteiger partial charge in [0.25, 0.3) is 0 Å². The lowest BCUT2D eigenvalue weighted by Gasteiger charge is -2.03. The minimum atomic E-state index is -0.0988. The molecule has 0 saturated heterocycles. The van der Waals surface area contributed by atoms with Gasteiger partial charge in [0, 0.05) is 31.1 Å². The number of carbonyl (C=O) groups excluding carboxylic acids is 1. The summed E-state index contributed by atoms with van der Waals surface area (Å²) in [7, 11) is 1.65. The molecule has 5 heteroatoms. The second-order valence-electron chi connectivity index (χ2n) is 4.55. The summed E-state index contributed by atoms with van der Waals surface area (Å²) in [6, 6.07) is 14.7. The molecule has 2 rings (SSSR count). The molecule has 0 bridgehead atoms. The maximum Gasteiger partial charge on any atom is 0.217 e. The first kappa shape index (κ1) is 17.5. The zero-order valence-electron chi connectivity index (χ0n) is 12.9. The van der Waals surface area contributed by atoms with E-state index in [-0.39, 0.29) is 11.7 Å². The summed E-state index contributed by atoms with van der Waals surface area (Å²) in [6.45, 7) is 2.35. The number of carbonyl (C=O) groups is 1. The monoisotopic (exact) mass is 302 g/mol. The summed E-state index contributed by atoms with van der Waals surface area (Å²) < 4.78 is 5.06. The van der Waals surface area contributed by atoms with Crippen molar-refractivity contribution in [2.75, 3.05) is 7.11 Å². The minimum absolute atomic E-state index is 0.0988. The first-order valence-electron chi connectivity index (χ1n) is 6.91. The molecule has 0 aliphatic rings. The molecule has 0 spiro atoms. The molecule has 4 N–H and O–H groups in total. The van der Waals surface area contributed by atoms with E-state index in [4.69, 9.17) is 10.5 Å². The van der Waals surface area contributed by atoms with Crippen molar-refractivity contribution in [1.82, 2.24) is 5.32 Å². The Bertz CT molecular complexity index is 577. The summed E-state index contributed by atoms with van der Waals surface area (Å²) in [6.07, 6.45) is 0. The molecule has 2 aromatic carbocycles. The van der Waals surface area contributed by atoms with E-state index in [0.717, 1.165) is 16.9 Å². The van der Waals surface area contributed by atoms with Crippen LogP contribution in [0.1, 0.15) is 18.1 Å². The molecule has 0 aliphatic carbocycles. The van der Waals surface area contributed by atoms with Gasteiger partial charge in [-0.25, -0.2) is 0 Å². The molecule has 0 saturated carbocycles. The number of ether oxygens (including phenoxy) is 1. The van der Waals surface area contributed by atoms with Crippen molar-refractivity contribution in [3.05, 3.63) is 59.7 Å². The van der Waals surface area contributed by atoms with Crippen LogP contribution in [-0.4, -0.2) is 18.1 Å². The minimum Gasteiger partial charge on any atom is -0.508 e. The van der Waals surface area contributed by atoms with Crippen LogP contribution in [0.5, 0.6) is 11.5 Å². The first-order valence-corrected chi connectivity index (χ1v) is 6.91. The van der Waals surface area contributed by atoms with Crippen LogP contribution >= 0.6 is 0 Å². The van der Waals surface area contributed by atoms with Gasteiger partial charge in [-0.2, -0.15) is 0 Å². The van der Waals surface area contributed by atoms with Crippen molar-refractivity contribution in [2.24, 2.45) is 5.73 Å². The average molecular weight is 302 g/mol. The number of rotatable bonds is 4. The number of aromatic hydroxyl groups is 1. The SMILES string of the molecule is CC(=O)NCc1ccccc1O.COc1ccccc1CN. The first-order chi connectivity index (χ1) is 10.6. The van der Waals surface area contributed by atoms with Gasteiger partial charge >= 0.3 is 0 Å². The molecule has 2 aromatic rings. The van der Waals surface area contributed by atoms with E-state index < -0.39 is 0 Å². The third-order valence-corrected chi connectivity index (χ3v) is 2.93. The van der Waals surface area contributed by atoms with Crippen molar-refractivity contribution in [1.29, 1.82) is 0 Å². The van der Waals surface area contributed by atoms with Crippen LogP contribution in [0.3, 0.4) is 0 Å². The van der Waals surface area contributed by atoms with Crippen molar-refractivity contribution in [2.45, 2.75) is 20.0 Å². The zero-order valence-corrected chi connectivity index (χ0v) is 12.9. The number of hydrogen-bond donors (Lipinski definition) is 3. The molecule has 118 valence electrons. The van der Waals surface area contributed by atoms with Crippen molar-refractivity contribution in [3.63, 3.8) is 0 Å². The van der Waals surface area contributed by atoms with Crippen LogP contribution in [-0.2, 0) is 17.9 Å². The van der Waals surface area contributed by atoms with Gasteiger partial charge in [-0.3, -0.25) is 4.79 Å². The average Bonchev–Trinajstić information content (AvgIpc) is 2.54. The molecule has 22 heavy (non-hydrogen) atoms. The smallest absolute Gasteiger partial charge is 0.217 e. The predicted molar refractivity (Wildman–Crippen MR) is 86.5 cm³/mol. The van der Waals surface area contributed by atoms with Crippen LogP contribution in [0, 0.1) is 0 Å². The molecule has 0 atom stereocenters. The fraction of sp³-hybridized carbons (Fsp3) is 0.235. The highest BCUT2D eigenvalue weighted by Crippen LogP contribution is 2.15. The van der Waals surface area contributed by atoms with Gasteiger partial charge in [0.1, 0.15) is 11.5 Å².